The number of amides is 1. The van der Waals surface area contributed by atoms with Crippen LogP contribution in [-0.2, 0) is 14.3 Å². The number of carbonyl (C=O) groups is 3. The number of anilines is 1. The molecule has 1 saturated carbocycles. The van der Waals surface area contributed by atoms with E-state index in [2.05, 4.69) is 5.32 Å². The van der Waals surface area contributed by atoms with Crippen LogP contribution in [-0.4, -0.2) is 24.5 Å². The molecule has 0 radical (unpaired) electrons. The fourth-order valence-corrected chi connectivity index (χ4v) is 4.15. The first-order chi connectivity index (χ1) is 11.4. The number of rotatable bonds is 5. The Labute approximate surface area is 145 Å². The molecule has 6 nitrogen and oxygen atoms in total. The molecule has 1 heterocycles. The minimum atomic E-state index is -1.18. The summed E-state index contributed by atoms with van der Waals surface area (Å²) in [5.74, 6) is -3.42. The van der Waals surface area contributed by atoms with Gasteiger partial charge in [0.2, 0.25) is 5.91 Å². The summed E-state index contributed by atoms with van der Waals surface area (Å²) in [6.07, 6.45) is 2.57. The lowest BCUT2D eigenvalue weighted by atomic mass is 9.79. The highest BCUT2D eigenvalue weighted by atomic mass is 32.1. The summed E-state index contributed by atoms with van der Waals surface area (Å²) in [5.41, 5.74) is 1.13. The third kappa shape index (κ3) is 3.77. The second-order valence-electron chi connectivity index (χ2n) is 6.01. The van der Waals surface area contributed by atoms with Gasteiger partial charge in [-0.25, -0.2) is 4.79 Å². The monoisotopic (exact) mass is 352 g/mol. The second kappa shape index (κ2) is 7.79. The van der Waals surface area contributed by atoms with Crippen molar-refractivity contribution in [3.8, 4) is 0 Å². The van der Waals surface area contributed by atoms with Crippen molar-refractivity contribution in [2.24, 2.45) is 11.8 Å². The Balaban J connectivity index is 2.24. The largest absolute Gasteiger partial charge is 0.550 e. The van der Waals surface area contributed by atoms with Crippen molar-refractivity contribution in [1.29, 1.82) is 0 Å². The Morgan fingerprint density at radius 2 is 1.83 bits per heavy atom. The van der Waals surface area contributed by atoms with Crippen molar-refractivity contribution in [3.05, 3.63) is 16.0 Å². The molecule has 0 saturated heterocycles. The zero-order valence-electron chi connectivity index (χ0n) is 14.1. The van der Waals surface area contributed by atoms with Crippen LogP contribution >= 0.6 is 11.3 Å². The molecule has 2 atom stereocenters. The van der Waals surface area contributed by atoms with Crippen molar-refractivity contribution >= 4 is 34.2 Å². The van der Waals surface area contributed by atoms with Gasteiger partial charge in [0.05, 0.1) is 12.2 Å². The van der Waals surface area contributed by atoms with E-state index in [0.29, 0.717) is 23.4 Å². The van der Waals surface area contributed by atoms with Crippen LogP contribution in [0, 0.1) is 25.7 Å². The molecular formula is C17H22NO5S-. The number of carboxylic acids is 1. The van der Waals surface area contributed by atoms with E-state index in [0.717, 1.165) is 23.3 Å². The predicted molar refractivity (Wildman–Crippen MR) is 88.8 cm³/mol. The van der Waals surface area contributed by atoms with Gasteiger partial charge >= 0.3 is 5.97 Å². The van der Waals surface area contributed by atoms with Crippen molar-refractivity contribution in [2.75, 3.05) is 11.9 Å². The van der Waals surface area contributed by atoms with Crippen molar-refractivity contribution in [2.45, 2.75) is 46.5 Å². The fourth-order valence-electron chi connectivity index (χ4n) is 3.10. The molecule has 0 spiro atoms. The lowest BCUT2D eigenvalue weighted by molar-refractivity contribution is -0.313. The molecule has 2 rings (SSSR count). The number of nitrogens with one attached hydrogen (secondary N) is 1. The van der Waals surface area contributed by atoms with E-state index in [9.17, 15) is 19.5 Å². The lowest BCUT2D eigenvalue weighted by Gasteiger charge is -2.31. The molecule has 0 unspecified atom stereocenters. The van der Waals surface area contributed by atoms with Crippen molar-refractivity contribution < 1.29 is 24.2 Å². The zero-order valence-corrected chi connectivity index (χ0v) is 15.0. The lowest BCUT2D eigenvalue weighted by Crippen LogP contribution is -2.42. The Bertz CT molecular complexity index is 652. The van der Waals surface area contributed by atoms with Crippen LogP contribution in [0.2, 0.25) is 0 Å². The smallest absolute Gasteiger partial charge is 0.341 e. The van der Waals surface area contributed by atoms with Crippen LogP contribution in [0.25, 0.3) is 0 Å². The predicted octanol–water partition coefficient (Wildman–Crippen LogP) is 2.04. The highest BCUT2D eigenvalue weighted by Gasteiger charge is 2.33. The van der Waals surface area contributed by atoms with Gasteiger partial charge in [0, 0.05) is 22.7 Å². The standard InChI is InChI=1S/C17H23NO5S/c1-4-23-17(22)13-9(2)10(3)24-15(13)18-14(19)11-7-5-6-8-12(11)16(20)21/h11-12H,4-8H2,1-3H3,(H,18,19)(H,20,21)/p-1/t11-,12-/m0/s1. The van der Waals surface area contributed by atoms with Crippen LogP contribution in [0.3, 0.4) is 0 Å². The van der Waals surface area contributed by atoms with Crippen LogP contribution in [0.15, 0.2) is 0 Å². The molecule has 132 valence electrons. The van der Waals surface area contributed by atoms with Gasteiger partial charge in [-0.15, -0.1) is 11.3 Å². The summed E-state index contributed by atoms with van der Waals surface area (Å²) in [6, 6.07) is 0. The number of ether oxygens (including phenoxy) is 1. The SMILES string of the molecule is CCOC(=O)c1c(NC(=O)[C@H]2CCCC[C@@H]2C(=O)[O-])sc(C)c1C. The number of thiophene rings is 1. The van der Waals surface area contributed by atoms with Crippen LogP contribution in [0.5, 0.6) is 0 Å². The quantitative estimate of drug-likeness (QED) is 0.818. The van der Waals surface area contributed by atoms with E-state index < -0.39 is 23.8 Å². The molecule has 1 aliphatic rings. The number of esters is 1. The number of carboxylic acid groups (broad SMARTS) is 1. The third-order valence-electron chi connectivity index (χ3n) is 4.51. The van der Waals surface area contributed by atoms with E-state index in [1.807, 2.05) is 6.92 Å². The summed E-state index contributed by atoms with van der Waals surface area (Å²) >= 11 is 1.30. The molecular weight excluding hydrogens is 330 g/mol. The van der Waals surface area contributed by atoms with Crippen LogP contribution in [0.4, 0.5) is 5.00 Å². The molecule has 1 aliphatic carbocycles. The third-order valence-corrected chi connectivity index (χ3v) is 5.63. The molecule has 1 aromatic heterocycles. The Hall–Kier alpha value is -1.89. The van der Waals surface area contributed by atoms with Gasteiger partial charge in [0.25, 0.3) is 0 Å². The number of carbonyl (C=O) groups excluding carboxylic acids is 3. The van der Waals surface area contributed by atoms with E-state index in [1.165, 1.54) is 11.3 Å². The van der Waals surface area contributed by atoms with Gasteiger partial charge < -0.3 is 20.0 Å². The normalized spacial score (nSPS) is 20.5. The van der Waals surface area contributed by atoms with Gasteiger partial charge in [0.1, 0.15) is 5.00 Å². The van der Waals surface area contributed by atoms with Gasteiger partial charge in [-0.2, -0.15) is 0 Å². The van der Waals surface area contributed by atoms with Crippen molar-refractivity contribution in [1.82, 2.24) is 0 Å². The zero-order chi connectivity index (χ0) is 17.9. The molecule has 0 aromatic carbocycles. The maximum Gasteiger partial charge on any atom is 0.341 e. The molecule has 1 N–H and O–H groups in total. The Morgan fingerprint density at radius 3 is 2.42 bits per heavy atom. The number of hydrogen-bond donors (Lipinski definition) is 1. The van der Waals surface area contributed by atoms with Crippen LogP contribution in [0.1, 0.15) is 53.4 Å². The maximum absolute atomic E-state index is 12.6. The van der Waals surface area contributed by atoms with Gasteiger partial charge in [-0.05, 0) is 39.2 Å². The summed E-state index contributed by atoms with van der Waals surface area (Å²) < 4.78 is 5.06. The highest BCUT2D eigenvalue weighted by molar-refractivity contribution is 7.16. The van der Waals surface area contributed by atoms with E-state index in [-0.39, 0.29) is 12.5 Å². The Kier molecular flexibility index (Phi) is 5.99. The second-order valence-corrected chi connectivity index (χ2v) is 7.24. The molecule has 1 fully saturated rings. The molecule has 0 aliphatic heterocycles. The van der Waals surface area contributed by atoms with Gasteiger partial charge in [0.15, 0.2) is 0 Å². The minimum absolute atomic E-state index is 0.246. The van der Waals surface area contributed by atoms with Gasteiger partial charge in [-0.3, -0.25) is 4.79 Å². The minimum Gasteiger partial charge on any atom is -0.550 e. The first-order valence-electron chi connectivity index (χ1n) is 8.15. The number of aliphatic carboxylic acids is 1. The molecule has 0 bridgehead atoms. The van der Waals surface area contributed by atoms with E-state index >= 15 is 0 Å². The average Bonchev–Trinajstić information content (AvgIpc) is 2.81. The fraction of sp³-hybridized carbons (Fsp3) is 0.588. The first-order valence-corrected chi connectivity index (χ1v) is 8.97. The molecule has 24 heavy (non-hydrogen) atoms. The highest BCUT2D eigenvalue weighted by Crippen LogP contribution is 2.35. The van der Waals surface area contributed by atoms with E-state index in [1.54, 1.807) is 13.8 Å². The summed E-state index contributed by atoms with van der Waals surface area (Å²) in [6.45, 7) is 5.63. The molecule has 7 heteroatoms. The summed E-state index contributed by atoms with van der Waals surface area (Å²) in [4.78, 5) is 36.9. The number of aryl methyl sites for hydroxylation is 1. The topological polar surface area (TPSA) is 95.5 Å². The first kappa shape index (κ1) is 18.4. The summed E-state index contributed by atoms with van der Waals surface area (Å²) in [7, 11) is 0. The van der Waals surface area contributed by atoms with Crippen LogP contribution < -0.4 is 10.4 Å². The van der Waals surface area contributed by atoms with Crippen molar-refractivity contribution in [3.63, 3.8) is 0 Å². The molecule has 1 amide bonds. The van der Waals surface area contributed by atoms with E-state index in [4.69, 9.17) is 4.74 Å². The maximum atomic E-state index is 12.6. The van der Waals surface area contributed by atoms with Gasteiger partial charge in [-0.1, -0.05) is 12.8 Å². The Morgan fingerprint density at radius 1 is 1.21 bits per heavy atom. The molecule has 1 aromatic rings. The average molecular weight is 352 g/mol. The number of hydrogen-bond acceptors (Lipinski definition) is 6. The summed E-state index contributed by atoms with van der Waals surface area (Å²) in [5, 5.41) is 14.5.